The fourth-order valence-corrected chi connectivity index (χ4v) is 12.2. The van der Waals surface area contributed by atoms with Gasteiger partial charge in [0.05, 0.1) is 66.7 Å². The molecule has 0 aliphatic carbocycles. The second-order valence-corrected chi connectivity index (χ2v) is 22.5. The molecular weight excluding hydrogens is 1260 g/mol. The molecule has 0 saturated heterocycles. The number of nitrogens with two attached hydrogens (primary N) is 1. The highest BCUT2D eigenvalue weighted by atomic mass is 32.2. The first-order valence-corrected chi connectivity index (χ1v) is 31.3. The van der Waals surface area contributed by atoms with E-state index in [1.807, 2.05) is 12.1 Å². The van der Waals surface area contributed by atoms with E-state index in [0.29, 0.717) is 72.3 Å². The maximum Gasteiger partial charge on any atom is 0.459 e. The molecule has 0 radical (unpaired) electrons. The molecule has 2 N–H and O–H groups in total. The summed E-state index contributed by atoms with van der Waals surface area (Å²) in [6, 6.07) is 20.3. The smallest absolute Gasteiger partial charge is 0.459 e. The summed E-state index contributed by atoms with van der Waals surface area (Å²) >= 11 is 0.324. The molecule has 0 saturated carbocycles. The number of azo groups is 1. The number of carbonyl (C=O) groups is 5. The number of ether oxygens (including phenoxy) is 4. The number of diazo groups is 1. The summed E-state index contributed by atoms with van der Waals surface area (Å²) in [4.78, 5) is 64.7. The van der Waals surface area contributed by atoms with Gasteiger partial charge in [-0.2, -0.15) is 39.8 Å². The number of ketones is 1. The number of para-hydroxylation sites is 1. The van der Waals surface area contributed by atoms with Gasteiger partial charge in [-0.1, -0.05) is 18.2 Å². The van der Waals surface area contributed by atoms with Crippen molar-refractivity contribution in [3.05, 3.63) is 106 Å². The summed E-state index contributed by atoms with van der Waals surface area (Å²) < 4.78 is 39.3. The molecule has 4 aliphatic rings. The van der Waals surface area contributed by atoms with Crippen molar-refractivity contribution in [3.8, 4) is 30.3 Å². The van der Waals surface area contributed by atoms with E-state index in [2.05, 4.69) is 70.5 Å². The van der Waals surface area contributed by atoms with E-state index in [9.17, 15) is 29.2 Å². The number of thiophene rings is 3. The van der Waals surface area contributed by atoms with Gasteiger partial charge in [-0.15, -0.1) is 32.9 Å². The zero-order chi connectivity index (χ0) is 66.2. The van der Waals surface area contributed by atoms with Crippen LogP contribution >= 0.6 is 47.5 Å². The monoisotopic (exact) mass is 1330 g/mol. The average Bonchev–Trinajstić information content (AvgIpc) is 1.41. The summed E-state index contributed by atoms with van der Waals surface area (Å²) in [7, 11) is 0. The molecule has 25 nitrogen and oxygen atoms in total. The molecule has 9 rings (SSSR count). The number of hydrogen-bond donors (Lipinski definition) is 1. The lowest BCUT2D eigenvalue weighted by atomic mass is 9.91. The SMILES string of the molecule is CCOC(=O)CC(C)=O.CCOC(=O)c1sc(N)c(C#N)c1C.CCOC(=O)c1sc(N=Nc2cc3c4c(c2)CCCN4CCC3)c(C#N)c1C.CCOC(=O)c1sc([N+]#N)c(C#N)c1C.N#CCC#N.O=S([O-])O[O-].S.c1cc2c3c(c1)CCCN3CCC2. The fraction of sp³-hybridized carbons (Fsp3) is 0.433. The van der Waals surface area contributed by atoms with E-state index in [-0.39, 0.29) is 49.3 Å². The Morgan fingerprint density at radius 3 is 1.41 bits per heavy atom. The molecular formula is C60H69N12O13S5-. The second kappa shape index (κ2) is 40.8. The molecule has 0 bridgehead atoms. The van der Waals surface area contributed by atoms with E-state index in [1.54, 1.807) is 77.4 Å². The number of benzene rings is 2. The Morgan fingerprint density at radius 1 is 0.644 bits per heavy atom. The Kier molecular flexibility index (Phi) is 35.1. The number of anilines is 3. The van der Waals surface area contributed by atoms with Crippen LogP contribution in [0.2, 0.25) is 0 Å². The first-order valence-electron chi connectivity index (χ1n) is 27.9. The van der Waals surface area contributed by atoms with Crippen LogP contribution in [-0.4, -0.2) is 91.0 Å². The molecule has 0 spiro atoms. The van der Waals surface area contributed by atoms with E-state index < -0.39 is 35.2 Å². The Bertz CT molecular complexity index is 3560. The van der Waals surface area contributed by atoms with E-state index in [4.69, 9.17) is 60.4 Å². The fourth-order valence-electron chi connectivity index (χ4n) is 9.36. The number of rotatable bonds is 12. The Hall–Kier alpha value is -8.66. The van der Waals surface area contributed by atoms with Crippen molar-refractivity contribution in [2.24, 2.45) is 10.2 Å². The lowest BCUT2D eigenvalue weighted by Gasteiger charge is -2.36. The minimum Gasteiger partial charge on any atom is -0.750 e. The van der Waals surface area contributed by atoms with Crippen LogP contribution in [0.15, 0.2) is 40.6 Å². The number of nitriles is 5. The van der Waals surface area contributed by atoms with Gasteiger partial charge in [0.25, 0.3) is 0 Å². The van der Waals surface area contributed by atoms with Crippen molar-refractivity contribution >= 4 is 121 Å². The summed E-state index contributed by atoms with van der Waals surface area (Å²) in [6.45, 7) is 19.4. The van der Waals surface area contributed by atoms with Crippen LogP contribution < -0.4 is 20.8 Å². The van der Waals surface area contributed by atoms with Gasteiger partial charge in [0.1, 0.15) is 56.5 Å². The van der Waals surface area contributed by atoms with Gasteiger partial charge >= 0.3 is 28.9 Å². The Morgan fingerprint density at radius 2 is 1.04 bits per heavy atom. The standard InChI is InChI=1S/C21H22N4O2S.C12H15N.C9H8N3O2S.C9H10N2O2S.C6H10O3.C3H2N2.H2O4S.H2S/c1-3-27-21(26)19-13(2)17(12-22)20(28-19)24-23-16-10-14-6-4-8-25-9-5-7-15(11-16)18(14)25;1-4-10-6-2-8-13-9-3-7-11(5-1)12(10)13;1-3-14-9(13)7-5(2)6(4-10)8(12-11)15-7;1-3-13-9(12)7-5(2)6(4-10)8(11)14-7;1-3-9-6(8)4-5(2)7;4-2-1-3-5;1-4-5(2)3;/h10-11H,3-9H2,1-2H3;1,4-5H,2-3,6-9H2;3H2,1-2H3;3,11H2,1-2H3;3-4H2,1-2H3;1H2;1H,(H,2,3);1H2/q;;+1;;;;;/p-2. The van der Waals surface area contributed by atoms with Crippen molar-refractivity contribution in [3.63, 3.8) is 0 Å². The molecule has 0 amide bonds. The van der Waals surface area contributed by atoms with Crippen molar-refractivity contribution in [1.29, 1.82) is 31.7 Å². The molecule has 478 valence electrons. The van der Waals surface area contributed by atoms with Crippen LogP contribution in [0.4, 0.5) is 32.1 Å². The minimum absolute atomic E-state index is 0. The zero-order valence-corrected chi connectivity index (χ0v) is 55.3. The number of aryl methyl sites for hydroxylation is 4. The first-order chi connectivity index (χ1) is 42.7. The molecule has 3 aromatic heterocycles. The molecule has 5 aromatic rings. The van der Waals surface area contributed by atoms with Crippen molar-refractivity contribution in [2.45, 2.75) is 120 Å². The predicted octanol–water partition coefficient (Wildman–Crippen LogP) is 11.0. The lowest BCUT2D eigenvalue weighted by molar-refractivity contribution is -0.635. The van der Waals surface area contributed by atoms with Crippen LogP contribution in [0.5, 0.6) is 0 Å². The van der Waals surface area contributed by atoms with Gasteiger partial charge in [-0.3, -0.25) is 9.59 Å². The number of nitrogens with zero attached hydrogens (tertiary/aromatic N) is 11. The average molecular weight is 1330 g/mol. The number of hydrogen-bond acceptors (Lipinski definition) is 27. The first kappa shape index (κ1) is 77.4. The van der Waals surface area contributed by atoms with Crippen LogP contribution in [0.1, 0.15) is 158 Å². The predicted molar refractivity (Wildman–Crippen MR) is 341 cm³/mol. The van der Waals surface area contributed by atoms with Crippen molar-refractivity contribution in [1.82, 2.24) is 0 Å². The van der Waals surface area contributed by atoms with Crippen LogP contribution in [-0.2, 0) is 69.9 Å². The third kappa shape index (κ3) is 22.7. The highest BCUT2D eigenvalue weighted by molar-refractivity contribution is 7.73. The van der Waals surface area contributed by atoms with Crippen LogP contribution in [0.25, 0.3) is 4.98 Å². The van der Waals surface area contributed by atoms with Gasteiger partial charge in [-0.25, -0.2) is 18.6 Å². The second-order valence-electron chi connectivity index (χ2n) is 18.9. The maximum atomic E-state index is 12.1. The number of esters is 4. The minimum atomic E-state index is -2.88. The number of carbonyl (C=O) groups excluding carboxylic acids is 5. The molecule has 90 heavy (non-hydrogen) atoms. The molecule has 2 aromatic carbocycles. The number of nitrogen functional groups attached to an aromatic ring is 1. The third-order valence-corrected chi connectivity index (χ3v) is 16.5. The summed E-state index contributed by atoms with van der Waals surface area (Å²) in [6.07, 6.45) is 9.63. The normalized spacial score (nSPS) is 12.6. The van der Waals surface area contributed by atoms with Gasteiger partial charge in [0.2, 0.25) is 5.39 Å². The molecule has 1 unspecified atom stereocenters. The quantitative estimate of drug-likeness (QED) is 0.0177. The zero-order valence-electron chi connectivity index (χ0n) is 51.1. The lowest BCUT2D eigenvalue weighted by Crippen LogP contribution is -2.34. The van der Waals surface area contributed by atoms with E-state index in [1.165, 1.54) is 75.4 Å². The maximum absolute atomic E-state index is 12.1. The number of Topliss-reactive ketones (excluding diaryl/α,β-unsaturated/α-hetero) is 1. The van der Waals surface area contributed by atoms with Crippen LogP contribution in [0, 0.1) is 82.8 Å². The molecule has 1 atom stereocenters. The van der Waals surface area contributed by atoms with Crippen molar-refractivity contribution in [2.75, 3.05) is 68.1 Å². The largest absolute Gasteiger partial charge is 0.750 e. The Balaban J connectivity index is 0.000000386. The van der Waals surface area contributed by atoms with E-state index in [0.717, 1.165) is 65.6 Å². The Labute approximate surface area is 544 Å². The summed E-state index contributed by atoms with van der Waals surface area (Å²) in [5.41, 5.74) is 17.9. The van der Waals surface area contributed by atoms with Crippen molar-refractivity contribution < 1.29 is 61.3 Å². The van der Waals surface area contributed by atoms with Gasteiger partial charge in [0.15, 0.2) is 15.5 Å². The van der Waals surface area contributed by atoms with E-state index >= 15 is 0 Å². The topological polar surface area (TPSA) is 399 Å². The molecule has 7 heterocycles. The van der Waals surface area contributed by atoms with Gasteiger partial charge in [-0.05, 0) is 164 Å². The highest BCUT2D eigenvalue weighted by Crippen LogP contribution is 2.41. The summed E-state index contributed by atoms with van der Waals surface area (Å²) in [5.74, 6) is -1.92. The molecule has 4 aliphatic heterocycles. The van der Waals surface area contributed by atoms with Gasteiger partial charge in [0, 0.05) is 43.1 Å². The van der Waals surface area contributed by atoms with Gasteiger partial charge < -0.3 is 48.6 Å². The molecule has 30 heteroatoms. The van der Waals surface area contributed by atoms with Crippen LogP contribution in [0.3, 0.4) is 0 Å². The molecule has 0 fully saturated rings. The third-order valence-electron chi connectivity index (χ3n) is 13.0. The summed E-state index contributed by atoms with van der Waals surface area (Å²) in [5, 5.41) is 69.1. The highest BCUT2D eigenvalue weighted by Gasteiger charge is 2.29.